The van der Waals surface area contributed by atoms with E-state index in [1.807, 2.05) is 0 Å². The van der Waals surface area contributed by atoms with Crippen molar-refractivity contribution in [3.05, 3.63) is 17.0 Å². The number of hydrogen-bond acceptors (Lipinski definition) is 3. The average molecular weight is 281 g/mol. The van der Waals surface area contributed by atoms with Gasteiger partial charge in [0.25, 0.3) is 0 Å². The minimum absolute atomic E-state index is 0.655. The van der Waals surface area contributed by atoms with Crippen LogP contribution >= 0.6 is 11.6 Å². The normalized spacial score (nSPS) is 12.6. The van der Waals surface area contributed by atoms with Crippen LogP contribution in [0.2, 0.25) is 5.15 Å². The van der Waals surface area contributed by atoms with Crippen LogP contribution in [0.1, 0.15) is 5.82 Å². The summed E-state index contributed by atoms with van der Waals surface area (Å²) in [6.07, 6.45) is -9.60. The Balaban J connectivity index is 2.91. The van der Waals surface area contributed by atoms with E-state index in [-0.39, 0.29) is 0 Å². The van der Waals surface area contributed by atoms with Gasteiger partial charge >= 0.3 is 12.4 Å². The third kappa shape index (κ3) is 4.63. The van der Waals surface area contributed by atoms with Crippen LogP contribution in [0, 0.1) is 0 Å². The summed E-state index contributed by atoms with van der Waals surface area (Å²) in [5.74, 6) is -2.56. The Kier molecular flexibility index (Phi) is 3.70. The monoisotopic (exact) mass is 280 g/mol. The summed E-state index contributed by atoms with van der Waals surface area (Å²) >= 11 is 5.19. The molecule has 0 aromatic carbocycles. The molecule has 0 bridgehead atoms. The molecule has 0 radical (unpaired) electrons. The van der Waals surface area contributed by atoms with Gasteiger partial charge in [0, 0.05) is 6.07 Å². The number of nitrogens with zero attached hydrogens (tertiary/aromatic N) is 2. The first-order chi connectivity index (χ1) is 7.58. The molecule has 0 aliphatic heterocycles. The first-order valence-electron chi connectivity index (χ1n) is 3.89. The second-order valence-electron chi connectivity index (χ2n) is 2.75. The molecule has 0 N–H and O–H groups in total. The smallest absolute Gasteiger partial charge is 0.451 e. The standard InChI is InChI=1S/C7H3ClF6N2O/c8-3-1-4(17-2-6(9,10)11)16-5(15-3)7(12,13)14/h1H,2H2. The van der Waals surface area contributed by atoms with Crippen molar-refractivity contribution in [2.75, 3.05) is 6.61 Å². The fraction of sp³-hybridized carbons (Fsp3) is 0.429. The lowest BCUT2D eigenvalue weighted by molar-refractivity contribution is -0.155. The first-order valence-corrected chi connectivity index (χ1v) is 4.27. The lowest BCUT2D eigenvalue weighted by atomic mass is 10.5. The Morgan fingerprint density at radius 1 is 1.12 bits per heavy atom. The number of ether oxygens (including phenoxy) is 1. The maximum absolute atomic E-state index is 12.2. The number of aromatic nitrogens is 2. The van der Waals surface area contributed by atoms with E-state index >= 15 is 0 Å². The molecule has 17 heavy (non-hydrogen) atoms. The number of alkyl halides is 6. The van der Waals surface area contributed by atoms with Crippen LogP contribution in [-0.4, -0.2) is 22.8 Å². The molecule has 1 rings (SSSR count). The predicted molar refractivity (Wildman–Crippen MR) is 43.6 cm³/mol. The van der Waals surface area contributed by atoms with Crippen molar-refractivity contribution in [3.8, 4) is 5.88 Å². The molecule has 0 aliphatic rings. The maximum Gasteiger partial charge on any atom is 0.451 e. The van der Waals surface area contributed by atoms with E-state index in [1.54, 1.807) is 0 Å². The Hall–Kier alpha value is -1.25. The van der Waals surface area contributed by atoms with Gasteiger partial charge < -0.3 is 4.74 Å². The summed E-state index contributed by atoms with van der Waals surface area (Å²) in [6.45, 7) is -1.77. The van der Waals surface area contributed by atoms with E-state index in [0.29, 0.717) is 6.07 Å². The zero-order chi connectivity index (χ0) is 13.3. The SMILES string of the molecule is FC(F)(F)COc1cc(Cl)nc(C(F)(F)F)n1. The Morgan fingerprint density at radius 3 is 2.18 bits per heavy atom. The lowest BCUT2D eigenvalue weighted by Crippen LogP contribution is -2.20. The topological polar surface area (TPSA) is 35.0 Å². The van der Waals surface area contributed by atoms with Gasteiger partial charge in [-0.25, -0.2) is 4.98 Å². The molecule has 0 aliphatic carbocycles. The molecule has 1 aromatic rings. The van der Waals surface area contributed by atoms with Crippen molar-refractivity contribution in [3.63, 3.8) is 0 Å². The largest absolute Gasteiger partial charge is 0.468 e. The van der Waals surface area contributed by atoms with Gasteiger partial charge in [-0.3, -0.25) is 0 Å². The van der Waals surface area contributed by atoms with Crippen LogP contribution in [0.3, 0.4) is 0 Å². The molecule has 3 nitrogen and oxygen atoms in total. The van der Waals surface area contributed by atoms with Crippen LogP contribution in [0.15, 0.2) is 6.07 Å². The number of hydrogen-bond donors (Lipinski definition) is 0. The van der Waals surface area contributed by atoms with Gasteiger partial charge in [0.05, 0.1) is 0 Å². The second kappa shape index (κ2) is 4.55. The fourth-order valence-corrected chi connectivity index (χ4v) is 0.927. The van der Waals surface area contributed by atoms with Gasteiger partial charge in [0.1, 0.15) is 5.15 Å². The van der Waals surface area contributed by atoms with Crippen molar-refractivity contribution >= 4 is 11.6 Å². The molecule has 0 amide bonds. The molecule has 0 saturated heterocycles. The summed E-state index contributed by atoms with van der Waals surface area (Å²) in [7, 11) is 0. The summed E-state index contributed by atoms with van der Waals surface area (Å²) < 4.78 is 75.8. The van der Waals surface area contributed by atoms with Gasteiger partial charge in [-0.05, 0) is 0 Å². The molecule has 1 heterocycles. The molecule has 96 valence electrons. The Labute approximate surface area is 95.4 Å². The highest BCUT2D eigenvalue weighted by Crippen LogP contribution is 2.29. The van der Waals surface area contributed by atoms with E-state index < -0.39 is 35.8 Å². The highest BCUT2D eigenvalue weighted by atomic mass is 35.5. The van der Waals surface area contributed by atoms with Crippen molar-refractivity contribution < 1.29 is 31.1 Å². The zero-order valence-corrected chi connectivity index (χ0v) is 8.49. The van der Waals surface area contributed by atoms with Crippen LogP contribution in [0.25, 0.3) is 0 Å². The molecule has 0 saturated carbocycles. The third-order valence-corrected chi connectivity index (χ3v) is 1.50. The average Bonchev–Trinajstić information content (AvgIpc) is 2.11. The second-order valence-corrected chi connectivity index (χ2v) is 3.14. The molecule has 1 aromatic heterocycles. The summed E-state index contributed by atoms with van der Waals surface area (Å²) in [6, 6.07) is 0.655. The van der Waals surface area contributed by atoms with Gasteiger partial charge in [-0.15, -0.1) is 0 Å². The number of rotatable bonds is 2. The van der Waals surface area contributed by atoms with Gasteiger partial charge in [0.2, 0.25) is 11.7 Å². The highest BCUT2D eigenvalue weighted by molar-refractivity contribution is 6.29. The minimum Gasteiger partial charge on any atom is -0.468 e. The van der Waals surface area contributed by atoms with Crippen LogP contribution < -0.4 is 4.74 Å². The van der Waals surface area contributed by atoms with Gasteiger partial charge in [-0.1, -0.05) is 11.6 Å². The zero-order valence-electron chi connectivity index (χ0n) is 7.73. The third-order valence-electron chi connectivity index (χ3n) is 1.31. The van der Waals surface area contributed by atoms with E-state index in [9.17, 15) is 26.3 Å². The van der Waals surface area contributed by atoms with Crippen molar-refractivity contribution in [2.45, 2.75) is 12.4 Å². The van der Waals surface area contributed by atoms with E-state index in [0.717, 1.165) is 0 Å². The fourth-order valence-electron chi connectivity index (χ4n) is 0.753. The summed E-state index contributed by atoms with van der Waals surface area (Å²) in [5.41, 5.74) is 0. The van der Waals surface area contributed by atoms with Crippen LogP contribution in [-0.2, 0) is 6.18 Å². The summed E-state index contributed by atoms with van der Waals surface area (Å²) in [5, 5.41) is -0.663. The number of halogens is 7. The van der Waals surface area contributed by atoms with Crippen LogP contribution in [0.5, 0.6) is 5.88 Å². The van der Waals surface area contributed by atoms with Gasteiger partial charge in [-0.2, -0.15) is 31.3 Å². The molecule has 10 heteroatoms. The Morgan fingerprint density at radius 2 is 1.71 bits per heavy atom. The summed E-state index contributed by atoms with van der Waals surface area (Å²) in [4.78, 5) is 5.58. The van der Waals surface area contributed by atoms with E-state index in [1.165, 1.54) is 0 Å². The highest BCUT2D eigenvalue weighted by Gasteiger charge is 2.36. The molecule has 0 fully saturated rings. The molecule has 0 unspecified atom stereocenters. The van der Waals surface area contributed by atoms with Crippen molar-refractivity contribution in [1.29, 1.82) is 0 Å². The van der Waals surface area contributed by atoms with Crippen LogP contribution in [0.4, 0.5) is 26.3 Å². The molecular formula is C7H3ClF6N2O. The molecule has 0 spiro atoms. The van der Waals surface area contributed by atoms with Crippen molar-refractivity contribution in [2.24, 2.45) is 0 Å². The molecule has 0 atom stereocenters. The first kappa shape index (κ1) is 13.8. The van der Waals surface area contributed by atoms with E-state index in [4.69, 9.17) is 11.6 Å². The molecular weight excluding hydrogens is 278 g/mol. The van der Waals surface area contributed by atoms with Gasteiger partial charge in [0.15, 0.2) is 6.61 Å². The van der Waals surface area contributed by atoms with E-state index in [2.05, 4.69) is 14.7 Å². The maximum atomic E-state index is 12.2. The quantitative estimate of drug-likeness (QED) is 0.617. The van der Waals surface area contributed by atoms with Crippen molar-refractivity contribution in [1.82, 2.24) is 9.97 Å². The predicted octanol–water partition coefficient (Wildman–Crippen LogP) is 3.09. The lowest BCUT2D eigenvalue weighted by Gasteiger charge is -2.10. The Bertz CT molecular complexity index is 404. The minimum atomic E-state index is -4.92.